The lowest BCUT2D eigenvalue weighted by atomic mass is 10.1. The van der Waals surface area contributed by atoms with E-state index in [2.05, 4.69) is 48.3 Å². The number of guanidine groups is 1. The summed E-state index contributed by atoms with van der Waals surface area (Å²) in [5.74, 6) is 1.46. The molecule has 120 valence electrons. The number of rotatable bonds is 5. The molecule has 0 bridgehead atoms. The van der Waals surface area contributed by atoms with Gasteiger partial charge in [-0.2, -0.15) is 0 Å². The topological polar surface area (TPSA) is 58.5 Å². The summed E-state index contributed by atoms with van der Waals surface area (Å²) in [5, 5.41) is 6.57. The molecule has 0 aliphatic rings. The maximum atomic E-state index is 5.46. The summed E-state index contributed by atoms with van der Waals surface area (Å²) in [6.07, 6.45) is 2.81. The first kappa shape index (κ1) is 19.9. The Labute approximate surface area is 145 Å². The van der Waals surface area contributed by atoms with Crippen LogP contribution in [0.5, 0.6) is 5.88 Å². The SMILES string of the molecule is CCCOc1ccc(CNC(=NC)NC(C)(C)C)cn1.I. The molecule has 0 aromatic carbocycles. The molecule has 6 heteroatoms. The van der Waals surface area contributed by atoms with Gasteiger partial charge in [0.1, 0.15) is 0 Å². The van der Waals surface area contributed by atoms with Gasteiger partial charge in [0.05, 0.1) is 6.61 Å². The molecular weight excluding hydrogens is 379 g/mol. The van der Waals surface area contributed by atoms with Crippen molar-refractivity contribution in [2.75, 3.05) is 13.7 Å². The van der Waals surface area contributed by atoms with Gasteiger partial charge in [-0.3, -0.25) is 4.99 Å². The summed E-state index contributed by atoms with van der Waals surface area (Å²) < 4.78 is 5.46. The number of ether oxygens (including phenoxy) is 1. The fourth-order valence-electron chi connectivity index (χ4n) is 1.53. The third-order valence-electron chi connectivity index (χ3n) is 2.43. The Morgan fingerprint density at radius 1 is 1.33 bits per heavy atom. The molecule has 2 N–H and O–H groups in total. The van der Waals surface area contributed by atoms with E-state index in [0.29, 0.717) is 19.0 Å². The molecule has 0 fully saturated rings. The fraction of sp³-hybridized carbons (Fsp3) is 0.600. The lowest BCUT2D eigenvalue weighted by Gasteiger charge is -2.23. The van der Waals surface area contributed by atoms with Crippen LogP contribution in [-0.2, 0) is 6.54 Å². The molecule has 1 aromatic heterocycles. The molecule has 1 heterocycles. The molecule has 1 rings (SSSR count). The van der Waals surface area contributed by atoms with Crippen molar-refractivity contribution in [3.8, 4) is 5.88 Å². The van der Waals surface area contributed by atoms with E-state index in [0.717, 1.165) is 17.9 Å². The second-order valence-electron chi connectivity index (χ2n) is 5.65. The zero-order valence-corrected chi connectivity index (χ0v) is 15.9. The minimum atomic E-state index is -0.0159. The first-order valence-electron chi connectivity index (χ1n) is 7.01. The Balaban J connectivity index is 0.00000400. The van der Waals surface area contributed by atoms with E-state index in [1.165, 1.54) is 0 Å². The summed E-state index contributed by atoms with van der Waals surface area (Å²) in [4.78, 5) is 8.47. The van der Waals surface area contributed by atoms with E-state index in [-0.39, 0.29) is 29.5 Å². The number of pyridine rings is 1. The second kappa shape index (κ2) is 9.81. The number of aliphatic imine (C=N–C) groups is 1. The van der Waals surface area contributed by atoms with Crippen LogP contribution in [0.3, 0.4) is 0 Å². The summed E-state index contributed by atoms with van der Waals surface area (Å²) in [5.41, 5.74) is 1.07. The molecule has 5 nitrogen and oxygen atoms in total. The van der Waals surface area contributed by atoms with E-state index >= 15 is 0 Å². The summed E-state index contributed by atoms with van der Waals surface area (Å²) in [7, 11) is 1.76. The summed E-state index contributed by atoms with van der Waals surface area (Å²) >= 11 is 0. The van der Waals surface area contributed by atoms with Crippen LogP contribution in [0.15, 0.2) is 23.3 Å². The second-order valence-corrected chi connectivity index (χ2v) is 5.65. The number of nitrogens with one attached hydrogen (secondary N) is 2. The van der Waals surface area contributed by atoms with Gasteiger partial charge >= 0.3 is 0 Å². The van der Waals surface area contributed by atoms with Gasteiger partial charge in [0, 0.05) is 31.4 Å². The predicted molar refractivity (Wildman–Crippen MR) is 98.5 cm³/mol. The van der Waals surface area contributed by atoms with E-state index in [4.69, 9.17) is 4.74 Å². The smallest absolute Gasteiger partial charge is 0.213 e. The van der Waals surface area contributed by atoms with Crippen molar-refractivity contribution in [3.63, 3.8) is 0 Å². The Hall–Kier alpha value is -1.05. The molecule has 1 aromatic rings. The first-order valence-corrected chi connectivity index (χ1v) is 7.01. The highest BCUT2D eigenvalue weighted by atomic mass is 127. The van der Waals surface area contributed by atoms with Crippen LogP contribution in [0.4, 0.5) is 0 Å². The molecule has 0 aliphatic heterocycles. The third kappa shape index (κ3) is 8.75. The van der Waals surface area contributed by atoms with Crippen molar-refractivity contribution < 1.29 is 4.74 Å². The van der Waals surface area contributed by atoms with Crippen molar-refractivity contribution >= 4 is 29.9 Å². The molecule has 0 amide bonds. The Morgan fingerprint density at radius 3 is 2.52 bits per heavy atom. The number of halogens is 1. The fourth-order valence-corrected chi connectivity index (χ4v) is 1.53. The van der Waals surface area contributed by atoms with Crippen molar-refractivity contribution in [2.24, 2.45) is 4.99 Å². The van der Waals surface area contributed by atoms with Crippen LogP contribution in [0, 0.1) is 0 Å². The zero-order chi connectivity index (χ0) is 15.0. The van der Waals surface area contributed by atoms with E-state index < -0.39 is 0 Å². The zero-order valence-electron chi connectivity index (χ0n) is 13.6. The highest BCUT2D eigenvalue weighted by Gasteiger charge is 2.11. The average molecular weight is 406 g/mol. The van der Waals surface area contributed by atoms with Gasteiger partial charge in [-0.25, -0.2) is 4.98 Å². The van der Waals surface area contributed by atoms with E-state index in [1.807, 2.05) is 18.3 Å². The van der Waals surface area contributed by atoms with Gasteiger partial charge in [0.25, 0.3) is 0 Å². The standard InChI is InChI=1S/C15H26N4O.HI/c1-6-9-20-13-8-7-12(10-17-13)11-18-14(16-5)19-15(2,3)4;/h7-8,10H,6,9,11H2,1-5H3,(H2,16,18,19);1H. The molecule has 21 heavy (non-hydrogen) atoms. The van der Waals surface area contributed by atoms with Crippen molar-refractivity contribution in [1.82, 2.24) is 15.6 Å². The highest BCUT2D eigenvalue weighted by Crippen LogP contribution is 2.07. The van der Waals surface area contributed by atoms with Gasteiger partial charge < -0.3 is 15.4 Å². The quantitative estimate of drug-likeness (QED) is 0.449. The van der Waals surface area contributed by atoms with E-state index in [9.17, 15) is 0 Å². The van der Waals surface area contributed by atoms with Gasteiger partial charge in [0.15, 0.2) is 5.96 Å². The van der Waals surface area contributed by atoms with Crippen LogP contribution < -0.4 is 15.4 Å². The largest absolute Gasteiger partial charge is 0.478 e. The van der Waals surface area contributed by atoms with Crippen LogP contribution in [0.1, 0.15) is 39.7 Å². The molecule has 0 unspecified atom stereocenters. The Bertz CT molecular complexity index is 426. The number of aromatic nitrogens is 1. The number of nitrogens with zero attached hydrogens (tertiary/aromatic N) is 2. The molecule has 0 saturated carbocycles. The van der Waals surface area contributed by atoms with Crippen LogP contribution in [0.25, 0.3) is 0 Å². The normalized spacial score (nSPS) is 11.6. The number of hydrogen-bond donors (Lipinski definition) is 2. The van der Waals surface area contributed by atoms with Gasteiger partial charge in [0.2, 0.25) is 5.88 Å². The van der Waals surface area contributed by atoms with Crippen molar-refractivity contribution in [2.45, 2.75) is 46.2 Å². The van der Waals surface area contributed by atoms with Crippen molar-refractivity contribution in [1.29, 1.82) is 0 Å². The maximum Gasteiger partial charge on any atom is 0.213 e. The van der Waals surface area contributed by atoms with E-state index in [1.54, 1.807) is 7.05 Å². The third-order valence-corrected chi connectivity index (χ3v) is 2.43. The number of hydrogen-bond acceptors (Lipinski definition) is 3. The van der Waals surface area contributed by atoms with Gasteiger partial charge in [-0.15, -0.1) is 24.0 Å². The monoisotopic (exact) mass is 406 g/mol. The highest BCUT2D eigenvalue weighted by molar-refractivity contribution is 14.0. The molecule has 0 atom stereocenters. The summed E-state index contributed by atoms with van der Waals surface area (Å²) in [6.45, 7) is 9.75. The molecule has 0 saturated heterocycles. The molecule has 0 spiro atoms. The molecule has 0 aliphatic carbocycles. The Morgan fingerprint density at radius 2 is 2.05 bits per heavy atom. The molecule has 0 radical (unpaired) electrons. The first-order chi connectivity index (χ1) is 9.44. The Kier molecular flexibility index (Phi) is 9.32. The van der Waals surface area contributed by atoms with Crippen LogP contribution in [0.2, 0.25) is 0 Å². The maximum absolute atomic E-state index is 5.46. The van der Waals surface area contributed by atoms with Gasteiger partial charge in [-0.1, -0.05) is 13.0 Å². The van der Waals surface area contributed by atoms with Gasteiger partial charge in [-0.05, 0) is 32.8 Å². The van der Waals surface area contributed by atoms with Crippen molar-refractivity contribution in [3.05, 3.63) is 23.9 Å². The lowest BCUT2D eigenvalue weighted by molar-refractivity contribution is 0.305. The predicted octanol–water partition coefficient (Wildman–Crippen LogP) is 2.95. The minimum Gasteiger partial charge on any atom is -0.478 e. The summed E-state index contributed by atoms with van der Waals surface area (Å²) in [6, 6.07) is 3.90. The van der Waals surface area contributed by atoms with Crippen LogP contribution >= 0.6 is 24.0 Å². The van der Waals surface area contributed by atoms with Crippen LogP contribution in [-0.4, -0.2) is 30.1 Å². The molecular formula is C15H27IN4O. The lowest BCUT2D eigenvalue weighted by Crippen LogP contribution is -2.47. The minimum absolute atomic E-state index is 0. The average Bonchev–Trinajstić information content (AvgIpc) is 2.41.